The van der Waals surface area contributed by atoms with E-state index < -0.39 is 21.9 Å². The van der Waals surface area contributed by atoms with Gasteiger partial charge in [0.2, 0.25) is 10.0 Å². The predicted octanol–water partition coefficient (Wildman–Crippen LogP) is 3.45. The van der Waals surface area contributed by atoms with Crippen LogP contribution in [-0.2, 0) is 16.4 Å². The molecule has 25 heavy (non-hydrogen) atoms. The number of carbonyl (C=O) groups is 1. The molecule has 0 radical (unpaired) electrons. The van der Waals surface area contributed by atoms with Gasteiger partial charge in [0.1, 0.15) is 5.82 Å². The SMILES string of the molecule is CS(=O)(=O)N1CCc2ccc(NC(=O)Nc3ccc(Cl)cc3F)cc21. The fourth-order valence-electron chi connectivity index (χ4n) is 2.65. The lowest BCUT2D eigenvalue weighted by Crippen LogP contribution is -2.27. The lowest BCUT2D eigenvalue weighted by atomic mass is 10.1. The van der Waals surface area contributed by atoms with E-state index in [1.807, 2.05) is 0 Å². The standard InChI is InChI=1S/C16H15ClFN3O3S/c1-25(23,24)21-7-6-10-2-4-12(9-15(10)21)19-16(22)20-14-5-3-11(17)8-13(14)18/h2-5,8-9H,6-7H2,1H3,(H2,19,20,22). The van der Waals surface area contributed by atoms with Crippen molar-refractivity contribution in [2.75, 3.05) is 27.7 Å². The van der Waals surface area contributed by atoms with E-state index in [9.17, 15) is 17.6 Å². The summed E-state index contributed by atoms with van der Waals surface area (Å²) in [5.74, 6) is -0.653. The molecule has 1 aliphatic rings. The lowest BCUT2D eigenvalue weighted by Gasteiger charge is -2.17. The molecule has 3 rings (SSSR count). The van der Waals surface area contributed by atoms with Crippen molar-refractivity contribution in [3.05, 3.63) is 52.8 Å². The number of hydrogen-bond donors (Lipinski definition) is 2. The molecule has 6 nitrogen and oxygen atoms in total. The number of halogens is 2. The topological polar surface area (TPSA) is 78.5 Å². The molecule has 9 heteroatoms. The van der Waals surface area contributed by atoms with Crippen LogP contribution in [0.4, 0.5) is 26.2 Å². The van der Waals surface area contributed by atoms with Crippen LogP contribution < -0.4 is 14.9 Å². The molecule has 2 aromatic carbocycles. The molecule has 2 amide bonds. The Balaban J connectivity index is 1.76. The van der Waals surface area contributed by atoms with Gasteiger partial charge in [-0.15, -0.1) is 0 Å². The van der Waals surface area contributed by atoms with Crippen LogP contribution in [0.3, 0.4) is 0 Å². The summed E-state index contributed by atoms with van der Waals surface area (Å²) in [7, 11) is -3.38. The summed E-state index contributed by atoms with van der Waals surface area (Å²) in [6.45, 7) is 0.375. The van der Waals surface area contributed by atoms with E-state index in [0.717, 1.165) is 17.9 Å². The van der Waals surface area contributed by atoms with Crippen molar-refractivity contribution >= 4 is 44.7 Å². The Morgan fingerprint density at radius 2 is 1.96 bits per heavy atom. The first-order valence-electron chi connectivity index (χ1n) is 7.38. The van der Waals surface area contributed by atoms with Crippen LogP contribution in [0.15, 0.2) is 36.4 Å². The molecular weight excluding hydrogens is 369 g/mol. The van der Waals surface area contributed by atoms with Crippen LogP contribution in [-0.4, -0.2) is 27.2 Å². The van der Waals surface area contributed by atoms with Crippen molar-refractivity contribution in [2.24, 2.45) is 0 Å². The molecule has 1 heterocycles. The summed E-state index contributed by atoms with van der Waals surface area (Å²) in [5.41, 5.74) is 1.82. The number of carbonyl (C=O) groups excluding carboxylic acids is 1. The Bertz CT molecular complexity index is 950. The van der Waals surface area contributed by atoms with Gasteiger partial charge in [0.15, 0.2) is 0 Å². The molecule has 0 bridgehead atoms. The number of nitrogens with zero attached hydrogens (tertiary/aromatic N) is 1. The van der Waals surface area contributed by atoms with Gasteiger partial charge in [-0.3, -0.25) is 4.31 Å². The van der Waals surface area contributed by atoms with Crippen molar-refractivity contribution < 1.29 is 17.6 Å². The monoisotopic (exact) mass is 383 g/mol. The van der Waals surface area contributed by atoms with Gasteiger partial charge in [-0.25, -0.2) is 17.6 Å². The number of fused-ring (bicyclic) bond motifs is 1. The molecule has 132 valence electrons. The van der Waals surface area contributed by atoms with Gasteiger partial charge in [-0.2, -0.15) is 0 Å². The molecule has 0 fully saturated rings. The number of nitrogens with one attached hydrogen (secondary N) is 2. The third-order valence-electron chi connectivity index (χ3n) is 3.78. The van der Waals surface area contributed by atoms with Gasteiger partial charge in [-0.05, 0) is 42.3 Å². The number of urea groups is 1. The Morgan fingerprint density at radius 1 is 1.20 bits per heavy atom. The van der Waals surface area contributed by atoms with Crippen molar-refractivity contribution in [1.29, 1.82) is 0 Å². The highest BCUT2D eigenvalue weighted by atomic mass is 35.5. The molecule has 1 aliphatic heterocycles. The average molecular weight is 384 g/mol. The quantitative estimate of drug-likeness (QED) is 0.852. The number of anilines is 3. The van der Waals surface area contributed by atoms with Crippen molar-refractivity contribution in [3.63, 3.8) is 0 Å². The zero-order valence-electron chi connectivity index (χ0n) is 13.2. The molecule has 0 aliphatic carbocycles. The molecule has 2 aromatic rings. The number of rotatable bonds is 3. The fourth-order valence-corrected chi connectivity index (χ4v) is 3.76. The normalized spacial score (nSPS) is 13.5. The van der Waals surface area contributed by atoms with Crippen molar-refractivity contribution in [1.82, 2.24) is 0 Å². The van der Waals surface area contributed by atoms with Gasteiger partial charge in [0, 0.05) is 17.3 Å². The van der Waals surface area contributed by atoms with Gasteiger partial charge < -0.3 is 10.6 Å². The Morgan fingerprint density at radius 3 is 2.64 bits per heavy atom. The summed E-state index contributed by atoms with van der Waals surface area (Å²) in [6, 6.07) is 8.27. The molecule has 0 saturated heterocycles. The van der Waals surface area contributed by atoms with E-state index in [1.54, 1.807) is 18.2 Å². The minimum absolute atomic E-state index is 0.0131. The Labute approximate surface area is 149 Å². The first-order valence-corrected chi connectivity index (χ1v) is 9.60. The van der Waals surface area contributed by atoms with Gasteiger partial charge >= 0.3 is 6.03 Å². The van der Waals surface area contributed by atoms with Crippen LogP contribution in [0.25, 0.3) is 0 Å². The molecule has 0 saturated carbocycles. The maximum atomic E-state index is 13.7. The first kappa shape index (κ1) is 17.5. The smallest absolute Gasteiger partial charge is 0.308 e. The molecule has 0 spiro atoms. The van der Waals surface area contributed by atoms with Crippen LogP contribution in [0.2, 0.25) is 5.02 Å². The van der Waals surface area contributed by atoms with E-state index in [4.69, 9.17) is 11.6 Å². The number of benzene rings is 2. The van der Waals surface area contributed by atoms with Gasteiger partial charge in [0.25, 0.3) is 0 Å². The third-order valence-corrected chi connectivity index (χ3v) is 5.19. The first-order chi connectivity index (χ1) is 11.7. The number of hydrogen-bond acceptors (Lipinski definition) is 3. The minimum Gasteiger partial charge on any atom is -0.308 e. The van der Waals surface area contributed by atoms with Crippen molar-refractivity contribution in [3.8, 4) is 0 Å². The van der Waals surface area contributed by atoms with E-state index in [-0.39, 0.29) is 10.7 Å². The predicted molar refractivity (Wildman–Crippen MR) is 96.4 cm³/mol. The molecule has 0 atom stereocenters. The van der Waals surface area contributed by atoms with Crippen LogP contribution >= 0.6 is 11.6 Å². The molecule has 2 N–H and O–H groups in total. The average Bonchev–Trinajstić information content (AvgIpc) is 2.93. The summed E-state index contributed by atoms with van der Waals surface area (Å²) in [5, 5.41) is 5.17. The minimum atomic E-state index is -3.38. The summed E-state index contributed by atoms with van der Waals surface area (Å²) in [6.07, 6.45) is 1.75. The lowest BCUT2D eigenvalue weighted by molar-refractivity contribution is 0.262. The van der Waals surface area contributed by atoms with Crippen LogP contribution in [0, 0.1) is 5.82 Å². The fraction of sp³-hybridized carbons (Fsp3) is 0.188. The number of sulfonamides is 1. The Kier molecular flexibility index (Phi) is 4.57. The van der Waals surface area contributed by atoms with E-state index in [2.05, 4.69) is 10.6 Å². The Hall–Kier alpha value is -2.32. The second kappa shape index (κ2) is 6.53. The molecular formula is C16H15ClFN3O3S. The second-order valence-corrected chi connectivity index (χ2v) is 7.98. The molecule has 0 aromatic heterocycles. The maximum absolute atomic E-state index is 13.7. The second-order valence-electron chi connectivity index (χ2n) is 5.63. The third kappa shape index (κ3) is 3.85. The zero-order valence-corrected chi connectivity index (χ0v) is 14.8. The largest absolute Gasteiger partial charge is 0.323 e. The molecule has 0 unspecified atom stereocenters. The van der Waals surface area contributed by atoms with Crippen LogP contribution in [0.1, 0.15) is 5.56 Å². The highest BCUT2D eigenvalue weighted by Gasteiger charge is 2.26. The summed E-state index contributed by atoms with van der Waals surface area (Å²) >= 11 is 5.67. The summed E-state index contributed by atoms with van der Waals surface area (Å²) < 4.78 is 38.6. The van der Waals surface area contributed by atoms with E-state index in [1.165, 1.54) is 16.4 Å². The summed E-state index contributed by atoms with van der Waals surface area (Å²) in [4.78, 5) is 12.0. The van der Waals surface area contributed by atoms with Crippen molar-refractivity contribution in [2.45, 2.75) is 6.42 Å². The van der Waals surface area contributed by atoms with Crippen LogP contribution in [0.5, 0.6) is 0 Å². The van der Waals surface area contributed by atoms with E-state index in [0.29, 0.717) is 24.3 Å². The van der Waals surface area contributed by atoms with Gasteiger partial charge in [0.05, 0.1) is 17.6 Å². The number of amides is 2. The highest BCUT2D eigenvalue weighted by Crippen LogP contribution is 2.32. The highest BCUT2D eigenvalue weighted by molar-refractivity contribution is 7.92. The zero-order chi connectivity index (χ0) is 18.2. The maximum Gasteiger partial charge on any atom is 0.323 e. The van der Waals surface area contributed by atoms with E-state index >= 15 is 0 Å². The van der Waals surface area contributed by atoms with Gasteiger partial charge in [-0.1, -0.05) is 17.7 Å².